The van der Waals surface area contributed by atoms with E-state index < -0.39 is 0 Å². The summed E-state index contributed by atoms with van der Waals surface area (Å²) >= 11 is 0. The number of rotatable bonds is 2. The molecule has 1 atom stereocenters. The van der Waals surface area contributed by atoms with Crippen LogP contribution in [0.3, 0.4) is 0 Å². The Labute approximate surface area is 77.6 Å². The SMILES string of the molecule is O=C1CCCCC1Cc1cnc[nH]1. The molecule has 1 aliphatic carbocycles. The van der Waals surface area contributed by atoms with Crippen LogP contribution in [-0.2, 0) is 11.2 Å². The largest absolute Gasteiger partial charge is 0.348 e. The maximum Gasteiger partial charge on any atom is 0.136 e. The van der Waals surface area contributed by atoms with Gasteiger partial charge in [0, 0.05) is 24.2 Å². The lowest BCUT2D eigenvalue weighted by molar-refractivity contribution is -0.124. The van der Waals surface area contributed by atoms with E-state index in [1.807, 2.05) is 6.20 Å². The van der Waals surface area contributed by atoms with Gasteiger partial charge in [0.05, 0.1) is 6.33 Å². The summed E-state index contributed by atoms with van der Waals surface area (Å²) < 4.78 is 0. The van der Waals surface area contributed by atoms with Crippen molar-refractivity contribution in [2.45, 2.75) is 32.1 Å². The van der Waals surface area contributed by atoms with Crippen LogP contribution < -0.4 is 0 Å². The van der Waals surface area contributed by atoms with E-state index in [4.69, 9.17) is 0 Å². The van der Waals surface area contributed by atoms with E-state index in [1.165, 1.54) is 6.42 Å². The highest BCUT2D eigenvalue weighted by molar-refractivity contribution is 5.81. The lowest BCUT2D eigenvalue weighted by atomic mass is 9.85. The molecule has 1 aromatic rings. The number of carbonyl (C=O) groups is 1. The summed E-state index contributed by atoms with van der Waals surface area (Å²) in [5, 5.41) is 0. The number of hydrogen-bond donors (Lipinski definition) is 1. The minimum Gasteiger partial charge on any atom is -0.348 e. The van der Waals surface area contributed by atoms with E-state index in [0.717, 1.165) is 31.4 Å². The minimum absolute atomic E-state index is 0.245. The van der Waals surface area contributed by atoms with Gasteiger partial charge in [-0.1, -0.05) is 6.42 Å². The fourth-order valence-electron chi connectivity index (χ4n) is 1.93. The van der Waals surface area contributed by atoms with Crippen LogP contribution in [0.25, 0.3) is 0 Å². The van der Waals surface area contributed by atoms with Crippen molar-refractivity contribution in [3.63, 3.8) is 0 Å². The Morgan fingerprint density at radius 2 is 2.46 bits per heavy atom. The van der Waals surface area contributed by atoms with Crippen molar-refractivity contribution in [2.24, 2.45) is 5.92 Å². The van der Waals surface area contributed by atoms with Gasteiger partial charge in [-0.3, -0.25) is 4.79 Å². The molecule has 0 aliphatic heterocycles. The van der Waals surface area contributed by atoms with Crippen molar-refractivity contribution in [2.75, 3.05) is 0 Å². The smallest absolute Gasteiger partial charge is 0.136 e. The number of Topliss-reactive ketones (excluding diaryl/α,β-unsaturated/α-hetero) is 1. The number of H-pyrrole nitrogens is 1. The molecular formula is C10H14N2O. The minimum atomic E-state index is 0.245. The zero-order valence-corrected chi connectivity index (χ0v) is 7.62. The summed E-state index contributed by atoms with van der Waals surface area (Å²) in [7, 11) is 0. The first kappa shape index (κ1) is 8.48. The first-order valence-corrected chi connectivity index (χ1v) is 4.86. The highest BCUT2D eigenvalue weighted by atomic mass is 16.1. The van der Waals surface area contributed by atoms with Gasteiger partial charge in [0.25, 0.3) is 0 Å². The lowest BCUT2D eigenvalue weighted by Gasteiger charge is -2.19. The van der Waals surface area contributed by atoms with E-state index in [0.29, 0.717) is 5.78 Å². The van der Waals surface area contributed by atoms with Gasteiger partial charge < -0.3 is 4.98 Å². The van der Waals surface area contributed by atoms with Crippen LogP contribution in [0.15, 0.2) is 12.5 Å². The van der Waals surface area contributed by atoms with Crippen molar-refractivity contribution in [1.82, 2.24) is 9.97 Å². The van der Waals surface area contributed by atoms with E-state index in [-0.39, 0.29) is 5.92 Å². The molecule has 1 saturated carbocycles. The highest BCUT2D eigenvalue weighted by Crippen LogP contribution is 2.23. The Morgan fingerprint density at radius 3 is 3.15 bits per heavy atom. The van der Waals surface area contributed by atoms with Gasteiger partial charge in [-0.2, -0.15) is 0 Å². The third kappa shape index (κ3) is 1.97. The van der Waals surface area contributed by atoms with Gasteiger partial charge in [-0.15, -0.1) is 0 Å². The summed E-state index contributed by atoms with van der Waals surface area (Å²) in [6.45, 7) is 0. The Balaban J connectivity index is 1.97. The standard InChI is InChI=1S/C10H14N2O/c13-10-4-2-1-3-8(10)5-9-6-11-7-12-9/h6-8H,1-5H2,(H,11,12). The van der Waals surface area contributed by atoms with E-state index >= 15 is 0 Å². The first-order chi connectivity index (χ1) is 6.36. The number of hydrogen-bond acceptors (Lipinski definition) is 2. The summed E-state index contributed by atoms with van der Waals surface area (Å²) in [4.78, 5) is 18.5. The van der Waals surface area contributed by atoms with Gasteiger partial charge in [-0.05, 0) is 19.3 Å². The second kappa shape index (κ2) is 3.73. The monoisotopic (exact) mass is 178 g/mol. The Morgan fingerprint density at radius 1 is 1.54 bits per heavy atom. The molecule has 0 saturated heterocycles. The summed E-state index contributed by atoms with van der Waals surface area (Å²) in [6, 6.07) is 0. The molecular weight excluding hydrogens is 164 g/mol. The number of carbonyl (C=O) groups excluding carboxylic acids is 1. The molecule has 0 aromatic carbocycles. The number of aromatic nitrogens is 2. The second-order valence-electron chi connectivity index (χ2n) is 3.69. The van der Waals surface area contributed by atoms with Crippen molar-refractivity contribution < 1.29 is 4.79 Å². The van der Waals surface area contributed by atoms with Crippen LogP contribution in [-0.4, -0.2) is 15.8 Å². The Hall–Kier alpha value is -1.12. The lowest BCUT2D eigenvalue weighted by Crippen LogP contribution is -2.21. The number of ketones is 1. The van der Waals surface area contributed by atoms with E-state index in [1.54, 1.807) is 6.33 Å². The normalized spacial score (nSPS) is 23.4. The topological polar surface area (TPSA) is 45.8 Å². The zero-order valence-electron chi connectivity index (χ0n) is 7.62. The molecule has 1 N–H and O–H groups in total. The molecule has 0 amide bonds. The molecule has 1 heterocycles. The average Bonchev–Trinajstić information content (AvgIpc) is 2.61. The van der Waals surface area contributed by atoms with Crippen LogP contribution in [0, 0.1) is 5.92 Å². The summed E-state index contributed by atoms with van der Waals surface area (Å²) in [6.07, 6.45) is 8.43. The zero-order chi connectivity index (χ0) is 9.10. The molecule has 2 rings (SSSR count). The van der Waals surface area contributed by atoms with Crippen molar-refractivity contribution >= 4 is 5.78 Å². The molecule has 3 heteroatoms. The van der Waals surface area contributed by atoms with Gasteiger partial charge in [-0.25, -0.2) is 4.98 Å². The Bertz CT molecular complexity index is 279. The van der Waals surface area contributed by atoms with Gasteiger partial charge >= 0.3 is 0 Å². The van der Waals surface area contributed by atoms with Gasteiger partial charge in [0.1, 0.15) is 5.78 Å². The number of nitrogens with one attached hydrogen (secondary N) is 1. The molecule has 0 radical (unpaired) electrons. The van der Waals surface area contributed by atoms with Crippen molar-refractivity contribution in [3.8, 4) is 0 Å². The van der Waals surface area contributed by atoms with Crippen LogP contribution in [0.4, 0.5) is 0 Å². The van der Waals surface area contributed by atoms with Crippen molar-refractivity contribution in [1.29, 1.82) is 0 Å². The van der Waals surface area contributed by atoms with Crippen LogP contribution >= 0.6 is 0 Å². The molecule has 3 nitrogen and oxygen atoms in total. The maximum absolute atomic E-state index is 11.5. The first-order valence-electron chi connectivity index (χ1n) is 4.86. The molecule has 70 valence electrons. The molecule has 13 heavy (non-hydrogen) atoms. The number of aromatic amines is 1. The van der Waals surface area contributed by atoms with Gasteiger partial charge in [0.15, 0.2) is 0 Å². The fraction of sp³-hybridized carbons (Fsp3) is 0.600. The summed E-state index contributed by atoms with van der Waals surface area (Å²) in [5.41, 5.74) is 1.08. The third-order valence-electron chi connectivity index (χ3n) is 2.70. The average molecular weight is 178 g/mol. The molecule has 1 fully saturated rings. The summed E-state index contributed by atoms with van der Waals surface area (Å²) in [5.74, 6) is 0.676. The van der Waals surface area contributed by atoms with Crippen LogP contribution in [0.2, 0.25) is 0 Å². The highest BCUT2D eigenvalue weighted by Gasteiger charge is 2.22. The van der Waals surface area contributed by atoms with E-state index in [9.17, 15) is 4.79 Å². The molecule has 1 aromatic heterocycles. The molecule has 0 spiro atoms. The molecule has 1 aliphatic rings. The van der Waals surface area contributed by atoms with Crippen molar-refractivity contribution in [3.05, 3.63) is 18.2 Å². The van der Waals surface area contributed by atoms with Gasteiger partial charge in [0.2, 0.25) is 0 Å². The second-order valence-corrected chi connectivity index (χ2v) is 3.69. The Kier molecular flexibility index (Phi) is 2.43. The third-order valence-corrected chi connectivity index (χ3v) is 2.70. The number of nitrogens with zero attached hydrogens (tertiary/aromatic N) is 1. The van der Waals surface area contributed by atoms with Crippen LogP contribution in [0.5, 0.6) is 0 Å². The predicted octanol–water partition coefficient (Wildman–Crippen LogP) is 1.71. The van der Waals surface area contributed by atoms with E-state index in [2.05, 4.69) is 9.97 Å². The van der Waals surface area contributed by atoms with Crippen LogP contribution in [0.1, 0.15) is 31.4 Å². The number of imidazole rings is 1. The molecule has 0 bridgehead atoms. The maximum atomic E-state index is 11.5. The quantitative estimate of drug-likeness (QED) is 0.749. The predicted molar refractivity (Wildman–Crippen MR) is 49.3 cm³/mol. The molecule has 1 unspecified atom stereocenters. The fourth-order valence-corrected chi connectivity index (χ4v) is 1.93.